The Kier molecular flexibility index (Phi) is 4.03. The topological polar surface area (TPSA) is 50.8 Å². The smallest absolute Gasteiger partial charge is 0.208 e. The van der Waals surface area contributed by atoms with Crippen LogP contribution in [0.4, 0.5) is 0 Å². The van der Waals surface area contributed by atoms with Crippen LogP contribution in [0.15, 0.2) is 29.4 Å². The highest BCUT2D eigenvalue weighted by molar-refractivity contribution is 7.98. The standard InChI is InChI=1S/C12H15N3OS/c1-3-11-13-12(15-14-11)17-8-9-5-4-6-10(7-9)16-2/h4-7H,3,8H2,1-2H3,(H,13,14,15). The van der Waals surface area contributed by atoms with E-state index in [0.29, 0.717) is 0 Å². The number of ether oxygens (including phenoxy) is 1. The van der Waals surface area contributed by atoms with Gasteiger partial charge in [-0.2, -0.15) is 0 Å². The zero-order chi connectivity index (χ0) is 12.1. The van der Waals surface area contributed by atoms with Gasteiger partial charge in [0.15, 0.2) is 0 Å². The Morgan fingerprint density at radius 2 is 2.29 bits per heavy atom. The summed E-state index contributed by atoms with van der Waals surface area (Å²) in [5.41, 5.74) is 1.21. The number of hydrogen-bond acceptors (Lipinski definition) is 4. The fraction of sp³-hybridized carbons (Fsp3) is 0.333. The molecule has 1 aromatic carbocycles. The van der Waals surface area contributed by atoms with E-state index in [-0.39, 0.29) is 0 Å². The number of aryl methyl sites for hydroxylation is 1. The molecule has 0 unspecified atom stereocenters. The van der Waals surface area contributed by atoms with E-state index in [0.717, 1.165) is 28.9 Å². The van der Waals surface area contributed by atoms with Crippen LogP contribution < -0.4 is 4.74 Å². The summed E-state index contributed by atoms with van der Waals surface area (Å²) in [6.07, 6.45) is 0.882. The van der Waals surface area contributed by atoms with Gasteiger partial charge in [0.2, 0.25) is 5.16 Å². The zero-order valence-electron chi connectivity index (χ0n) is 9.93. The van der Waals surface area contributed by atoms with Crippen molar-refractivity contribution in [2.75, 3.05) is 7.11 Å². The Bertz CT molecular complexity index is 484. The molecule has 1 aromatic heterocycles. The predicted molar refractivity (Wildman–Crippen MR) is 68.3 cm³/mol. The molecule has 0 amide bonds. The van der Waals surface area contributed by atoms with E-state index < -0.39 is 0 Å². The number of aromatic amines is 1. The summed E-state index contributed by atoms with van der Waals surface area (Å²) in [6.45, 7) is 2.05. The van der Waals surface area contributed by atoms with E-state index >= 15 is 0 Å². The fourth-order valence-electron chi connectivity index (χ4n) is 1.41. The van der Waals surface area contributed by atoms with E-state index in [1.54, 1.807) is 18.9 Å². The first-order valence-electron chi connectivity index (χ1n) is 5.49. The summed E-state index contributed by atoms with van der Waals surface area (Å²) < 4.78 is 5.18. The van der Waals surface area contributed by atoms with Gasteiger partial charge < -0.3 is 4.74 Å². The molecule has 0 bridgehead atoms. The van der Waals surface area contributed by atoms with Crippen molar-refractivity contribution in [1.29, 1.82) is 0 Å². The normalized spacial score (nSPS) is 10.5. The summed E-state index contributed by atoms with van der Waals surface area (Å²) in [5, 5.41) is 7.84. The molecule has 0 saturated heterocycles. The van der Waals surface area contributed by atoms with Gasteiger partial charge in [-0.25, -0.2) is 4.98 Å². The molecule has 1 N–H and O–H groups in total. The lowest BCUT2D eigenvalue weighted by atomic mass is 10.2. The first-order chi connectivity index (χ1) is 8.31. The van der Waals surface area contributed by atoms with Gasteiger partial charge in [0.25, 0.3) is 0 Å². The van der Waals surface area contributed by atoms with Gasteiger partial charge >= 0.3 is 0 Å². The number of hydrogen-bond donors (Lipinski definition) is 1. The van der Waals surface area contributed by atoms with Crippen LogP contribution in [0.25, 0.3) is 0 Å². The maximum Gasteiger partial charge on any atom is 0.208 e. The summed E-state index contributed by atoms with van der Waals surface area (Å²) in [5.74, 6) is 2.66. The summed E-state index contributed by atoms with van der Waals surface area (Å²) >= 11 is 1.62. The van der Waals surface area contributed by atoms with Crippen LogP contribution in [-0.4, -0.2) is 22.3 Å². The highest BCUT2D eigenvalue weighted by Gasteiger charge is 2.03. The van der Waals surface area contributed by atoms with Gasteiger partial charge in [-0.3, -0.25) is 5.10 Å². The van der Waals surface area contributed by atoms with Crippen molar-refractivity contribution in [1.82, 2.24) is 15.2 Å². The van der Waals surface area contributed by atoms with Crippen LogP contribution in [0.2, 0.25) is 0 Å². The maximum atomic E-state index is 5.18. The number of nitrogens with one attached hydrogen (secondary N) is 1. The summed E-state index contributed by atoms with van der Waals surface area (Å²) in [7, 11) is 1.68. The van der Waals surface area contributed by atoms with Crippen LogP contribution in [0.3, 0.4) is 0 Å². The summed E-state index contributed by atoms with van der Waals surface area (Å²) in [4.78, 5) is 4.35. The molecule has 0 aliphatic heterocycles. The Balaban J connectivity index is 1.96. The van der Waals surface area contributed by atoms with Crippen LogP contribution in [0.1, 0.15) is 18.3 Å². The minimum atomic E-state index is 0.796. The van der Waals surface area contributed by atoms with Gasteiger partial charge in [0, 0.05) is 12.2 Å². The lowest BCUT2D eigenvalue weighted by Gasteiger charge is -2.02. The second kappa shape index (κ2) is 5.72. The predicted octanol–water partition coefficient (Wildman–Crippen LogP) is 2.67. The molecule has 2 rings (SSSR count). The van der Waals surface area contributed by atoms with Crippen molar-refractivity contribution >= 4 is 11.8 Å². The fourth-order valence-corrected chi connectivity index (χ4v) is 2.17. The van der Waals surface area contributed by atoms with E-state index in [4.69, 9.17) is 4.74 Å². The number of rotatable bonds is 5. The molecule has 0 saturated carbocycles. The Labute approximate surface area is 105 Å². The van der Waals surface area contributed by atoms with Crippen LogP contribution >= 0.6 is 11.8 Å². The molecule has 17 heavy (non-hydrogen) atoms. The molecule has 0 fully saturated rings. The molecule has 1 heterocycles. The van der Waals surface area contributed by atoms with Crippen molar-refractivity contribution in [3.05, 3.63) is 35.7 Å². The molecule has 2 aromatic rings. The third-order valence-corrected chi connectivity index (χ3v) is 3.27. The number of methoxy groups -OCH3 is 1. The minimum Gasteiger partial charge on any atom is -0.497 e. The Hall–Kier alpha value is -1.49. The monoisotopic (exact) mass is 249 g/mol. The van der Waals surface area contributed by atoms with Crippen LogP contribution in [0, 0.1) is 0 Å². The minimum absolute atomic E-state index is 0.796. The molecule has 0 radical (unpaired) electrons. The van der Waals surface area contributed by atoms with Crippen molar-refractivity contribution in [3.63, 3.8) is 0 Å². The molecule has 0 aliphatic rings. The Morgan fingerprint density at radius 3 is 3.00 bits per heavy atom. The molecular weight excluding hydrogens is 234 g/mol. The molecule has 4 nitrogen and oxygen atoms in total. The largest absolute Gasteiger partial charge is 0.497 e. The van der Waals surface area contributed by atoms with Gasteiger partial charge in [-0.1, -0.05) is 30.8 Å². The highest BCUT2D eigenvalue weighted by Crippen LogP contribution is 2.21. The lowest BCUT2D eigenvalue weighted by Crippen LogP contribution is -1.86. The van der Waals surface area contributed by atoms with Gasteiger partial charge in [-0.15, -0.1) is 5.10 Å². The van der Waals surface area contributed by atoms with E-state index in [1.165, 1.54) is 5.56 Å². The SMILES string of the molecule is CCc1nc(SCc2cccc(OC)c2)n[nH]1. The van der Waals surface area contributed by atoms with Crippen LogP contribution in [-0.2, 0) is 12.2 Å². The molecule has 0 aliphatic carbocycles. The van der Waals surface area contributed by atoms with Gasteiger partial charge in [0.05, 0.1) is 7.11 Å². The van der Waals surface area contributed by atoms with Crippen molar-refractivity contribution in [2.45, 2.75) is 24.3 Å². The first kappa shape index (κ1) is 12.0. The van der Waals surface area contributed by atoms with E-state index in [2.05, 4.69) is 28.2 Å². The number of nitrogens with zero attached hydrogens (tertiary/aromatic N) is 2. The average molecular weight is 249 g/mol. The maximum absolute atomic E-state index is 5.18. The van der Waals surface area contributed by atoms with E-state index in [9.17, 15) is 0 Å². The zero-order valence-corrected chi connectivity index (χ0v) is 10.8. The molecule has 0 spiro atoms. The van der Waals surface area contributed by atoms with Gasteiger partial charge in [0.1, 0.15) is 11.6 Å². The lowest BCUT2D eigenvalue weighted by molar-refractivity contribution is 0.414. The van der Waals surface area contributed by atoms with Gasteiger partial charge in [-0.05, 0) is 17.7 Å². The Morgan fingerprint density at radius 1 is 1.41 bits per heavy atom. The van der Waals surface area contributed by atoms with Crippen LogP contribution in [0.5, 0.6) is 5.75 Å². The number of thioether (sulfide) groups is 1. The van der Waals surface area contributed by atoms with Crippen molar-refractivity contribution < 1.29 is 4.74 Å². The second-order valence-electron chi connectivity index (χ2n) is 3.56. The number of benzene rings is 1. The third-order valence-electron chi connectivity index (χ3n) is 2.35. The highest BCUT2D eigenvalue weighted by atomic mass is 32.2. The molecule has 5 heteroatoms. The van der Waals surface area contributed by atoms with Crippen molar-refractivity contribution in [2.24, 2.45) is 0 Å². The third kappa shape index (κ3) is 3.23. The van der Waals surface area contributed by atoms with E-state index in [1.807, 2.05) is 18.2 Å². The number of H-pyrrole nitrogens is 1. The average Bonchev–Trinajstić information content (AvgIpc) is 2.84. The van der Waals surface area contributed by atoms with Crippen molar-refractivity contribution in [3.8, 4) is 5.75 Å². The second-order valence-corrected chi connectivity index (χ2v) is 4.50. The first-order valence-corrected chi connectivity index (χ1v) is 6.47. The molecule has 90 valence electrons. The summed E-state index contributed by atoms with van der Waals surface area (Å²) in [6, 6.07) is 8.03. The number of aromatic nitrogens is 3. The molecular formula is C12H15N3OS. The molecule has 0 atom stereocenters. The quantitative estimate of drug-likeness (QED) is 0.828.